The van der Waals surface area contributed by atoms with E-state index < -0.39 is 0 Å². The minimum Gasteiger partial charge on any atom is -0.507 e. The fraction of sp³-hybridized carbons (Fsp3) is 0.462. The molecular weight excluding hydrogens is 232 g/mol. The van der Waals surface area contributed by atoms with Gasteiger partial charge in [-0.3, -0.25) is 4.79 Å². The molecule has 0 radical (unpaired) electrons. The molecule has 0 unspecified atom stereocenters. The lowest BCUT2D eigenvalue weighted by Gasteiger charge is -2.32. The van der Waals surface area contributed by atoms with E-state index in [0.717, 1.165) is 6.54 Å². The summed E-state index contributed by atoms with van der Waals surface area (Å²) in [6, 6.07) is 4.96. The van der Waals surface area contributed by atoms with E-state index in [9.17, 15) is 9.90 Å². The van der Waals surface area contributed by atoms with Crippen molar-refractivity contribution in [2.75, 3.05) is 26.7 Å². The summed E-state index contributed by atoms with van der Waals surface area (Å²) in [4.78, 5) is 14.1. The van der Waals surface area contributed by atoms with E-state index in [0.29, 0.717) is 24.4 Å². The summed E-state index contributed by atoms with van der Waals surface area (Å²) in [6.45, 7) is 4.11. The van der Waals surface area contributed by atoms with Gasteiger partial charge >= 0.3 is 0 Å². The summed E-state index contributed by atoms with van der Waals surface area (Å²) < 4.78 is 5.07. The molecule has 0 bridgehead atoms. The van der Waals surface area contributed by atoms with Gasteiger partial charge in [-0.05, 0) is 25.1 Å². The van der Waals surface area contributed by atoms with Crippen LogP contribution in [0.1, 0.15) is 17.3 Å². The molecule has 18 heavy (non-hydrogen) atoms. The molecule has 5 heteroatoms. The molecule has 1 fully saturated rings. The van der Waals surface area contributed by atoms with Crippen molar-refractivity contribution in [2.24, 2.45) is 0 Å². The zero-order valence-corrected chi connectivity index (χ0v) is 10.6. The van der Waals surface area contributed by atoms with Crippen molar-refractivity contribution < 1.29 is 14.6 Å². The van der Waals surface area contributed by atoms with Crippen LogP contribution in [0.5, 0.6) is 11.5 Å². The molecule has 98 valence electrons. The molecule has 1 aliphatic rings. The van der Waals surface area contributed by atoms with E-state index in [4.69, 9.17) is 4.74 Å². The van der Waals surface area contributed by atoms with Crippen molar-refractivity contribution >= 4 is 5.91 Å². The van der Waals surface area contributed by atoms with Crippen molar-refractivity contribution in [3.05, 3.63) is 23.8 Å². The van der Waals surface area contributed by atoms with Crippen LogP contribution < -0.4 is 10.1 Å². The Hall–Kier alpha value is -1.75. The quantitative estimate of drug-likeness (QED) is 0.816. The maximum atomic E-state index is 12.3. The molecule has 1 saturated heterocycles. The third kappa shape index (κ3) is 2.56. The zero-order valence-electron chi connectivity index (χ0n) is 10.6. The summed E-state index contributed by atoms with van der Waals surface area (Å²) in [6.07, 6.45) is 0. The minimum absolute atomic E-state index is 0.00742. The summed E-state index contributed by atoms with van der Waals surface area (Å²) in [7, 11) is 1.54. The van der Waals surface area contributed by atoms with Crippen molar-refractivity contribution in [1.29, 1.82) is 0 Å². The number of ether oxygens (including phenoxy) is 1. The van der Waals surface area contributed by atoms with Gasteiger partial charge in [0.25, 0.3) is 5.91 Å². The number of phenols is 1. The Labute approximate surface area is 106 Å². The van der Waals surface area contributed by atoms with Gasteiger partial charge in [-0.1, -0.05) is 0 Å². The molecule has 0 aromatic heterocycles. The number of rotatable bonds is 2. The molecule has 1 aliphatic heterocycles. The van der Waals surface area contributed by atoms with Crippen LogP contribution in [0.25, 0.3) is 0 Å². The van der Waals surface area contributed by atoms with Crippen LogP contribution in [-0.4, -0.2) is 48.7 Å². The molecule has 0 saturated carbocycles. The summed E-state index contributed by atoms with van der Waals surface area (Å²) >= 11 is 0. The molecule has 1 aromatic rings. The molecule has 1 amide bonds. The smallest absolute Gasteiger partial charge is 0.257 e. The molecule has 1 heterocycles. The van der Waals surface area contributed by atoms with Gasteiger partial charge in [0.2, 0.25) is 0 Å². The first-order chi connectivity index (χ1) is 8.61. The predicted molar refractivity (Wildman–Crippen MR) is 68.0 cm³/mol. The van der Waals surface area contributed by atoms with Gasteiger partial charge < -0.3 is 20.1 Å². The number of hydrogen-bond donors (Lipinski definition) is 2. The number of methoxy groups -OCH3 is 1. The number of carbonyl (C=O) groups excluding carboxylic acids is 1. The maximum Gasteiger partial charge on any atom is 0.257 e. The first-order valence-electron chi connectivity index (χ1n) is 6.01. The summed E-state index contributed by atoms with van der Waals surface area (Å²) in [5.41, 5.74) is 0.295. The standard InChI is InChI=1S/C13H18N2O3/c1-9-8-15(6-5-14-9)13(17)11-7-10(18-2)3-4-12(11)16/h3-4,7,9,14,16H,5-6,8H2,1-2H3/t9-/m1/s1. The highest BCUT2D eigenvalue weighted by Crippen LogP contribution is 2.24. The molecule has 2 N–H and O–H groups in total. The van der Waals surface area contributed by atoms with E-state index in [1.807, 2.05) is 6.92 Å². The number of piperazine rings is 1. The number of hydrogen-bond acceptors (Lipinski definition) is 4. The predicted octanol–water partition coefficient (Wildman–Crippen LogP) is 0.835. The van der Waals surface area contributed by atoms with Crippen molar-refractivity contribution in [3.63, 3.8) is 0 Å². The number of benzene rings is 1. The van der Waals surface area contributed by atoms with E-state index >= 15 is 0 Å². The van der Waals surface area contributed by atoms with Crippen molar-refractivity contribution in [3.8, 4) is 11.5 Å². The number of carbonyl (C=O) groups is 1. The third-order valence-corrected chi connectivity index (χ3v) is 3.09. The van der Waals surface area contributed by atoms with Crippen molar-refractivity contribution in [1.82, 2.24) is 10.2 Å². The number of amides is 1. The first kappa shape index (κ1) is 12.7. The van der Waals surface area contributed by atoms with E-state index in [-0.39, 0.29) is 17.7 Å². The molecule has 1 atom stereocenters. The van der Waals surface area contributed by atoms with Gasteiger partial charge in [0, 0.05) is 25.7 Å². The van der Waals surface area contributed by atoms with Crippen LogP contribution in [0.15, 0.2) is 18.2 Å². The van der Waals surface area contributed by atoms with Crippen LogP contribution in [-0.2, 0) is 0 Å². The number of nitrogens with zero attached hydrogens (tertiary/aromatic N) is 1. The fourth-order valence-electron chi connectivity index (χ4n) is 2.10. The highest BCUT2D eigenvalue weighted by atomic mass is 16.5. The lowest BCUT2D eigenvalue weighted by Crippen LogP contribution is -2.51. The highest BCUT2D eigenvalue weighted by molar-refractivity contribution is 5.97. The van der Waals surface area contributed by atoms with Crippen LogP contribution in [0.3, 0.4) is 0 Å². The zero-order chi connectivity index (χ0) is 13.1. The second-order valence-corrected chi connectivity index (χ2v) is 4.49. The Kier molecular flexibility index (Phi) is 3.72. The third-order valence-electron chi connectivity index (χ3n) is 3.09. The average molecular weight is 250 g/mol. The SMILES string of the molecule is COc1ccc(O)c(C(=O)N2CCN[C@H](C)C2)c1. The van der Waals surface area contributed by atoms with Gasteiger partial charge in [-0.2, -0.15) is 0 Å². The van der Waals surface area contributed by atoms with Gasteiger partial charge in [0.15, 0.2) is 0 Å². The van der Waals surface area contributed by atoms with E-state index in [1.165, 1.54) is 13.2 Å². The van der Waals surface area contributed by atoms with Crippen LogP contribution in [0.4, 0.5) is 0 Å². The number of aromatic hydroxyl groups is 1. The van der Waals surface area contributed by atoms with Gasteiger partial charge in [0.05, 0.1) is 12.7 Å². The summed E-state index contributed by atoms with van der Waals surface area (Å²) in [5, 5.41) is 13.1. The lowest BCUT2D eigenvalue weighted by molar-refractivity contribution is 0.0705. The second-order valence-electron chi connectivity index (χ2n) is 4.49. The van der Waals surface area contributed by atoms with Gasteiger partial charge in [-0.15, -0.1) is 0 Å². The number of nitrogens with one attached hydrogen (secondary N) is 1. The Morgan fingerprint density at radius 1 is 1.56 bits per heavy atom. The van der Waals surface area contributed by atoms with Crippen molar-refractivity contribution in [2.45, 2.75) is 13.0 Å². The number of phenolic OH excluding ortho intramolecular Hbond substituents is 1. The largest absolute Gasteiger partial charge is 0.507 e. The van der Waals surface area contributed by atoms with E-state index in [2.05, 4.69) is 5.32 Å². The Bertz CT molecular complexity index is 448. The second kappa shape index (κ2) is 5.27. The summed E-state index contributed by atoms with van der Waals surface area (Å²) in [5.74, 6) is 0.408. The molecule has 5 nitrogen and oxygen atoms in total. The van der Waals surface area contributed by atoms with Crippen LogP contribution in [0.2, 0.25) is 0 Å². The Balaban J connectivity index is 2.22. The molecule has 0 spiro atoms. The fourth-order valence-corrected chi connectivity index (χ4v) is 2.10. The Morgan fingerprint density at radius 3 is 3.00 bits per heavy atom. The monoisotopic (exact) mass is 250 g/mol. The topological polar surface area (TPSA) is 61.8 Å². The molecule has 1 aromatic carbocycles. The Morgan fingerprint density at radius 2 is 2.33 bits per heavy atom. The van der Waals surface area contributed by atoms with Crippen LogP contribution >= 0.6 is 0 Å². The molecule has 2 rings (SSSR count). The maximum absolute atomic E-state index is 12.3. The van der Waals surface area contributed by atoms with E-state index in [1.54, 1.807) is 17.0 Å². The normalized spacial score (nSPS) is 19.7. The van der Waals surface area contributed by atoms with Gasteiger partial charge in [0.1, 0.15) is 11.5 Å². The van der Waals surface area contributed by atoms with Crippen LogP contribution in [0, 0.1) is 0 Å². The highest BCUT2D eigenvalue weighted by Gasteiger charge is 2.23. The molecular formula is C13H18N2O3. The lowest BCUT2D eigenvalue weighted by atomic mass is 10.1. The first-order valence-corrected chi connectivity index (χ1v) is 6.01. The van der Waals surface area contributed by atoms with Gasteiger partial charge in [-0.25, -0.2) is 0 Å². The molecule has 0 aliphatic carbocycles. The minimum atomic E-state index is -0.153. The average Bonchev–Trinajstić information content (AvgIpc) is 2.38.